The Kier molecular flexibility index (Phi) is 5.03. The Morgan fingerprint density at radius 1 is 1.35 bits per heavy atom. The molecule has 2 unspecified atom stereocenters. The normalized spacial score (nSPS) is 36.5. The molecule has 1 aliphatic rings. The molecule has 17 heavy (non-hydrogen) atoms. The average Bonchev–Trinajstić information content (AvgIpc) is 2.24. The van der Waals surface area contributed by atoms with Crippen LogP contribution in [0.3, 0.4) is 0 Å². The van der Waals surface area contributed by atoms with Crippen LogP contribution < -0.4 is 5.32 Å². The van der Waals surface area contributed by atoms with E-state index in [1.54, 1.807) is 0 Å². The maximum absolute atomic E-state index is 6.37. The first-order valence-corrected chi connectivity index (χ1v) is 7.17. The summed E-state index contributed by atoms with van der Waals surface area (Å²) in [6.45, 7) is 13.8. The van der Waals surface area contributed by atoms with Crippen molar-refractivity contribution < 1.29 is 4.74 Å². The summed E-state index contributed by atoms with van der Waals surface area (Å²) in [7, 11) is 2.07. The molecule has 1 aliphatic heterocycles. The average molecular weight is 241 g/mol. The molecule has 1 rings (SSSR count). The van der Waals surface area contributed by atoms with E-state index in [4.69, 9.17) is 4.74 Å². The largest absolute Gasteiger partial charge is 0.370 e. The molecule has 0 saturated carbocycles. The van der Waals surface area contributed by atoms with Crippen molar-refractivity contribution in [1.82, 2.24) is 5.32 Å². The number of rotatable bonds is 4. The molecule has 1 heterocycles. The van der Waals surface area contributed by atoms with E-state index < -0.39 is 0 Å². The highest BCUT2D eigenvalue weighted by atomic mass is 16.5. The van der Waals surface area contributed by atoms with E-state index in [0.29, 0.717) is 24.0 Å². The lowest BCUT2D eigenvalue weighted by molar-refractivity contribution is -0.162. The Labute approximate surface area is 108 Å². The van der Waals surface area contributed by atoms with E-state index in [2.05, 4.69) is 53.9 Å². The van der Waals surface area contributed by atoms with Gasteiger partial charge in [-0.3, -0.25) is 0 Å². The number of likely N-dealkylation sites (N-methyl/N-ethyl adjacent to an activating group) is 1. The van der Waals surface area contributed by atoms with Gasteiger partial charge in [0, 0.05) is 6.04 Å². The van der Waals surface area contributed by atoms with Crippen LogP contribution in [0.4, 0.5) is 0 Å². The van der Waals surface area contributed by atoms with Crippen molar-refractivity contribution in [3.63, 3.8) is 0 Å². The molecule has 0 aromatic carbocycles. The molecule has 102 valence electrons. The zero-order valence-electron chi connectivity index (χ0n) is 12.7. The zero-order valence-corrected chi connectivity index (χ0v) is 12.7. The summed E-state index contributed by atoms with van der Waals surface area (Å²) in [5, 5.41) is 3.48. The van der Waals surface area contributed by atoms with Crippen LogP contribution in [-0.4, -0.2) is 24.8 Å². The minimum atomic E-state index is 0.0269. The lowest BCUT2D eigenvalue weighted by Crippen LogP contribution is -2.57. The van der Waals surface area contributed by atoms with Crippen LogP contribution in [0.25, 0.3) is 0 Å². The molecule has 0 aromatic heterocycles. The minimum Gasteiger partial charge on any atom is -0.370 e. The van der Waals surface area contributed by atoms with Crippen molar-refractivity contribution in [1.29, 1.82) is 0 Å². The van der Waals surface area contributed by atoms with Gasteiger partial charge < -0.3 is 10.1 Å². The third kappa shape index (κ3) is 3.45. The monoisotopic (exact) mass is 241 g/mol. The standard InChI is InChI=1S/C15H31NO/c1-8-10(2)12(4)14-13(16-7)11(3)9-15(5,6)17-14/h10-14,16H,8-9H2,1-7H3/t10-,11?,12-,13?,14+/m1/s1. The fraction of sp³-hybridized carbons (Fsp3) is 1.00. The van der Waals surface area contributed by atoms with Gasteiger partial charge in [0.05, 0.1) is 11.7 Å². The molecule has 1 saturated heterocycles. The maximum Gasteiger partial charge on any atom is 0.0765 e. The van der Waals surface area contributed by atoms with Crippen LogP contribution in [0.5, 0.6) is 0 Å². The molecule has 5 atom stereocenters. The summed E-state index contributed by atoms with van der Waals surface area (Å²) in [5.41, 5.74) is 0.0269. The van der Waals surface area contributed by atoms with Gasteiger partial charge in [0.2, 0.25) is 0 Å². The van der Waals surface area contributed by atoms with E-state index in [1.807, 2.05) is 0 Å². The van der Waals surface area contributed by atoms with Gasteiger partial charge in [-0.2, -0.15) is 0 Å². The van der Waals surface area contributed by atoms with Crippen molar-refractivity contribution >= 4 is 0 Å². The van der Waals surface area contributed by atoms with Gasteiger partial charge in [-0.15, -0.1) is 0 Å². The van der Waals surface area contributed by atoms with Crippen molar-refractivity contribution in [2.75, 3.05) is 7.05 Å². The summed E-state index contributed by atoms with van der Waals surface area (Å²) in [4.78, 5) is 0. The van der Waals surface area contributed by atoms with Gasteiger partial charge in [0.25, 0.3) is 0 Å². The summed E-state index contributed by atoms with van der Waals surface area (Å²) >= 11 is 0. The number of hydrogen-bond acceptors (Lipinski definition) is 2. The highest BCUT2D eigenvalue weighted by Crippen LogP contribution is 2.37. The molecule has 1 N–H and O–H groups in total. The molecule has 0 amide bonds. The van der Waals surface area contributed by atoms with Crippen LogP contribution in [0.2, 0.25) is 0 Å². The number of nitrogens with one attached hydrogen (secondary N) is 1. The molecule has 0 spiro atoms. The topological polar surface area (TPSA) is 21.3 Å². The highest BCUT2D eigenvalue weighted by molar-refractivity contribution is 4.94. The Hall–Kier alpha value is -0.0800. The second-order valence-corrected chi connectivity index (χ2v) is 6.58. The number of ether oxygens (including phenoxy) is 1. The Bertz CT molecular complexity index is 239. The first kappa shape index (κ1) is 15.0. The second-order valence-electron chi connectivity index (χ2n) is 6.58. The van der Waals surface area contributed by atoms with Gasteiger partial charge in [0.1, 0.15) is 0 Å². The molecule has 0 aromatic rings. The molecule has 2 heteroatoms. The van der Waals surface area contributed by atoms with E-state index >= 15 is 0 Å². The van der Waals surface area contributed by atoms with Gasteiger partial charge in [-0.1, -0.05) is 34.1 Å². The predicted molar refractivity (Wildman–Crippen MR) is 74.2 cm³/mol. The summed E-state index contributed by atoms with van der Waals surface area (Å²) < 4.78 is 6.37. The third-order valence-electron chi connectivity index (χ3n) is 4.63. The lowest BCUT2D eigenvalue weighted by atomic mass is 9.76. The van der Waals surface area contributed by atoms with Crippen molar-refractivity contribution in [2.45, 2.75) is 72.1 Å². The van der Waals surface area contributed by atoms with Gasteiger partial charge in [-0.05, 0) is 45.1 Å². The van der Waals surface area contributed by atoms with Crippen molar-refractivity contribution in [3.05, 3.63) is 0 Å². The zero-order chi connectivity index (χ0) is 13.2. The molecule has 0 radical (unpaired) electrons. The predicted octanol–water partition coefficient (Wildman–Crippen LogP) is 3.46. The smallest absolute Gasteiger partial charge is 0.0765 e. The van der Waals surface area contributed by atoms with E-state index in [1.165, 1.54) is 6.42 Å². The first-order chi connectivity index (χ1) is 7.82. The van der Waals surface area contributed by atoms with Gasteiger partial charge in [-0.25, -0.2) is 0 Å². The quantitative estimate of drug-likeness (QED) is 0.814. The van der Waals surface area contributed by atoms with E-state index in [9.17, 15) is 0 Å². The Balaban J connectivity index is 2.84. The van der Waals surface area contributed by atoms with Crippen LogP contribution in [0.15, 0.2) is 0 Å². The second kappa shape index (κ2) is 5.71. The maximum atomic E-state index is 6.37. The fourth-order valence-electron chi connectivity index (χ4n) is 3.29. The Morgan fingerprint density at radius 2 is 1.94 bits per heavy atom. The summed E-state index contributed by atoms with van der Waals surface area (Å²) in [6, 6.07) is 0.493. The summed E-state index contributed by atoms with van der Waals surface area (Å²) in [5.74, 6) is 2.01. The molecule has 2 nitrogen and oxygen atoms in total. The molecule has 0 bridgehead atoms. The van der Waals surface area contributed by atoms with Crippen LogP contribution in [0, 0.1) is 17.8 Å². The minimum absolute atomic E-state index is 0.0269. The van der Waals surface area contributed by atoms with E-state index in [0.717, 1.165) is 12.3 Å². The van der Waals surface area contributed by atoms with Crippen molar-refractivity contribution in [3.8, 4) is 0 Å². The molecule has 1 fully saturated rings. The SMILES string of the molecule is CC[C@@H](C)[C@@H](C)[C@@H]1OC(C)(C)CC(C)C1NC. The Morgan fingerprint density at radius 3 is 2.41 bits per heavy atom. The van der Waals surface area contributed by atoms with Crippen molar-refractivity contribution in [2.24, 2.45) is 17.8 Å². The first-order valence-electron chi connectivity index (χ1n) is 7.17. The third-order valence-corrected chi connectivity index (χ3v) is 4.63. The lowest BCUT2D eigenvalue weighted by Gasteiger charge is -2.48. The van der Waals surface area contributed by atoms with Crippen LogP contribution in [0.1, 0.15) is 54.4 Å². The van der Waals surface area contributed by atoms with Crippen LogP contribution in [-0.2, 0) is 4.74 Å². The van der Waals surface area contributed by atoms with E-state index in [-0.39, 0.29) is 5.60 Å². The molecular weight excluding hydrogens is 210 g/mol. The van der Waals surface area contributed by atoms with Gasteiger partial charge in [0.15, 0.2) is 0 Å². The molecular formula is C15H31NO. The van der Waals surface area contributed by atoms with Crippen LogP contribution >= 0.6 is 0 Å². The fourth-order valence-corrected chi connectivity index (χ4v) is 3.29. The molecule has 0 aliphatic carbocycles. The number of hydrogen-bond donors (Lipinski definition) is 1. The highest BCUT2D eigenvalue weighted by Gasteiger charge is 2.42. The summed E-state index contributed by atoms with van der Waals surface area (Å²) in [6.07, 6.45) is 2.71. The van der Waals surface area contributed by atoms with Gasteiger partial charge >= 0.3 is 0 Å².